The van der Waals surface area contributed by atoms with E-state index in [9.17, 15) is 25.7 Å². The molecule has 1 aliphatic heterocycles. The van der Waals surface area contributed by atoms with Crippen molar-refractivity contribution in [3.63, 3.8) is 0 Å². The lowest BCUT2D eigenvalue weighted by Gasteiger charge is -2.39. The van der Waals surface area contributed by atoms with Crippen molar-refractivity contribution >= 4 is 11.8 Å². The zero-order valence-corrected chi connectivity index (χ0v) is 18.4. The zero-order chi connectivity index (χ0) is 22.7. The Morgan fingerprint density at radius 2 is 1.75 bits per heavy atom. The highest BCUT2D eigenvalue weighted by Gasteiger charge is 2.44. The van der Waals surface area contributed by atoms with E-state index in [1.165, 1.54) is 0 Å². The maximum Gasteiger partial charge on any atom is 0.138 e. The molecular formula is C23H27N3O5S. The molecule has 0 unspecified atom stereocenters. The number of aromatic nitrogens is 2. The Labute approximate surface area is 190 Å². The zero-order valence-electron chi connectivity index (χ0n) is 17.6. The van der Waals surface area contributed by atoms with Gasteiger partial charge < -0.3 is 25.2 Å². The Kier molecular flexibility index (Phi) is 7.40. The molecule has 4 rings (SSSR count). The first-order chi connectivity index (χ1) is 15.5. The number of rotatable bonds is 4. The molecule has 0 aromatic carbocycles. The lowest BCUT2D eigenvalue weighted by atomic mass is 9.89. The second kappa shape index (κ2) is 10.3. The number of aliphatic hydroxyl groups excluding tert-OH is 4. The highest BCUT2D eigenvalue weighted by molar-refractivity contribution is 7.99. The summed E-state index contributed by atoms with van der Waals surface area (Å²) in [6.45, 7) is -0.507. The maximum atomic E-state index is 10.5. The van der Waals surface area contributed by atoms with Gasteiger partial charge in [0.15, 0.2) is 0 Å². The van der Waals surface area contributed by atoms with Gasteiger partial charge in [0.25, 0.3) is 0 Å². The summed E-state index contributed by atoms with van der Waals surface area (Å²) in [6, 6.07) is 6.04. The van der Waals surface area contributed by atoms with Gasteiger partial charge in [-0.1, -0.05) is 24.6 Å². The first-order valence-corrected chi connectivity index (χ1v) is 11.8. The normalized spacial score (nSPS) is 28.3. The average Bonchev–Trinajstić information content (AvgIpc) is 2.80. The number of pyridine rings is 2. The van der Waals surface area contributed by atoms with Crippen LogP contribution in [-0.2, 0) is 17.6 Å². The highest BCUT2D eigenvalue weighted by Crippen LogP contribution is 2.40. The largest absolute Gasteiger partial charge is 0.394 e. The molecule has 0 spiro atoms. The Hall–Kier alpha value is -2.06. The van der Waals surface area contributed by atoms with Crippen LogP contribution in [0.5, 0.6) is 0 Å². The fraction of sp³-hybridized carbons (Fsp3) is 0.522. The number of nitriles is 1. The van der Waals surface area contributed by atoms with Crippen molar-refractivity contribution in [1.29, 1.82) is 5.26 Å². The first kappa shape index (κ1) is 23.1. The molecule has 2 aromatic heterocycles. The van der Waals surface area contributed by atoms with Crippen LogP contribution in [0.2, 0.25) is 0 Å². The van der Waals surface area contributed by atoms with Crippen LogP contribution < -0.4 is 0 Å². The summed E-state index contributed by atoms with van der Waals surface area (Å²) < 4.78 is 5.66. The Bertz CT molecular complexity index is 982. The summed E-state index contributed by atoms with van der Waals surface area (Å²) in [5.41, 5.74) is 3.10. The summed E-state index contributed by atoms with van der Waals surface area (Å²) in [5, 5.41) is 50.8. The molecule has 1 aliphatic carbocycles. The van der Waals surface area contributed by atoms with Crippen LogP contribution in [0.4, 0.5) is 0 Å². The van der Waals surface area contributed by atoms with Crippen molar-refractivity contribution in [1.82, 2.24) is 9.97 Å². The second-order valence-electron chi connectivity index (χ2n) is 8.17. The third kappa shape index (κ3) is 4.53. The first-order valence-electron chi connectivity index (χ1n) is 10.9. The standard InChI is InChI=1S/C23H27N3O5S/c24-11-15-18(13-7-9-25-10-8-13)14-5-3-1-2-4-6-16(14)26-22(15)32-23-21(30)20(29)19(28)17(12-27)31-23/h7-10,17,19-21,23,27-30H,1-6,12H2/t17-,19+,20+,21-,23+/m1/s1. The molecule has 9 heteroatoms. The lowest BCUT2D eigenvalue weighted by molar-refractivity contribution is -0.205. The Balaban J connectivity index is 1.80. The van der Waals surface area contributed by atoms with E-state index in [0.29, 0.717) is 10.6 Å². The molecule has 170 valence electrons. The van der Waals surface area contributed by atoms with Gasteiger partial charge in [0.05, 0.1) is 12.2 Å². The SMILES string of the molecule is N#Cc1c(S[C@@H]2O[C@H](CO)[C@H](O)[C@H](O)[C@H]2O)nc2c(c1-c1ccncc1)CCCCCC2. The number of nitrogens with zero attached hydrogens (tertiary/aromatic N) is 3. The van der Waals surface area contributed by atoms with E-state index >= 15 is 0 Å². The number of aliphatic hydroxyl groups is 4. The van der Waals surface area contributed by atoms with Crippen LogP contribution >= 0.6 is 11.8 Å². The van der Waals surface area contributed by atoms with Crippen molar-refractivity contribution in [3.05, 3.63) is 41.3 Å². The van der Waals surface area contributed by atoms with Gasteiger partial charge in [0.1, 0.15) is 40.9 Å². The molecule has 1 saturated heterocycles. The number of ether oxygens (including phenoxy) is 1. The van der Waals surface area contributed by atoms with Gasteiger partial charge in [-0.25, -0.2) is 4.98 Å². The molecule has 4 N–H and O–H groups in total. The number of hydrogen-bond acceptors (Lipinski definition) is 9. The molecule has 5 atom stereocenters. The van der Waals surface area contributed by atoms with Crippen molar-refractivity contribution in [2.24, 2.45) is 0 Å². The topological polar surface area (TPSA) is 140 Å². The minimum atomic E-state index is -1.48. The van der Waals surface area contributed by atoms with Crippen LogP contribution in [0.3, 0.4) is 0 Å². The molecule has 0 amide bonds. The van der Waals surface area contributed by atoms with E-state index in [1.807, 2.05) is 12.1 Å². The predicted octanol–water partition coefficient (Wildman–Crippen LogP) is 1.57. The van der Waals surface area contributed by atoms with Gasteiger partial charge in [0, 0.05) is 23.7 Å². The van der Waals surface area contributed by atoms with E-state index in [4.69, 9.17) is 9.72 Å². The average molecular weight is 458 g/mol. The number of aryl methyl sites for hydroxylation is 1. The van der Waals surface area contributed by atoms with Crippen molar-refractivity contribution < 1.29 is 25.2 Å². The molecular weight excluding hydrogens is 430 g/mol. The summed E-state index contributed by atoms with van der Waals surface area (Å²) in [7, 11) is 0. The minimum absolute atomic E-state index is 0.387. The fourth-order valence-corrected chi connectivity index (χ4v) is 5.52. The molecule has 3 heterocycles. The van der Waals surface area contributed by atoms with Crippen LogP contribution in [0.1, 0.15) is 42.5 Å². The van der Waals surface area contributed by atoms with Gasteiger partial charge in [0.2, 0.25) is 0 Å². The van der Waals surface area contributed by atoms with Crippen molar-refractivity contribution in [2.75, 3.05) is 6.61 Å². The number of fused-ring (bicyclic) bond motifs is 1. The summed E-state index contributed by atoms with van der Waals surface area (Å²) in [6.07, 6.45) is 3.97. The lowest BCUT2D eigenvalue weighted by Crippen LogP contribution is -2.57. The fourth-order valence-electron chi connectivity index (χ4n) is 4.37. The van der Waals surface area contributed by atoms with E-state index in [2.05, 4.69) is 11.1 Å². The van der Waals surface area contributed by atoms with E-state index in [1.54, 1.807) is 12.4 Å². The smallest absolute Gasteiger partial charge is 0.138 e. The number of thioether (sulfide) groups is 1. The van der Waals surface area contributed by atoms with E-state index in [-0.39, 0.29) is 0 Å². The summed E-state index contributed by atoms with van der Waals surface area (Å²) >= 11 is 1.04. The van der Waals surface area contributed by atoms with Gasteiger partial charge in [-0.3, -0.25) is 4.98 Å². The molecule has 1 fully saturated rings. The number of hydrogen-bond donors (Lipinski definition) is 4. The molecule has 2 aliphatic rings. The second-order valence-corrected chi connectivity index (χ2v) is 9.26. The molecule has 0 bridgehead atoms. The Morgan fingerprint density at radius 1 is 1.03 bits per heavy atom. The molecule has 8 nitrogen and oxygen atoms in total. The quantitative estimate of drug-likeness (QED) is 0.538. The molecule has 2 aromatic rings. The summed E-state index contributed by atoms with van der Waals surface area (Å²) in [4.78, 5) is 8.92. The summed E-state index contributed by atoms with van der Waals surface area (Å²) in [5.74, 6) is 0. The van der Waals surface area contributed by atoms with Crippen LogP contribution in [0.25, 0.3) is 11.1 Å². The van der Waals surface area contributed by atoms with Crippen LogP contribution in [0, 0.1) is 11.3 Å². The van der Waals surface area contributed by atoms with Crippen molar-refractivity contribution in [2.45, 2.75) is 73.4 Å². The monoisotopic (exact) mass is 457 g/mol. The maximum absolute atomic E-state index is 10.5. The molecule has 32 heavy (non-hydrogen) atoms. The van der Waals surface area contributed by atoms with E-state index in [0.717, 1.165) is 72.7 Å². The molecule has 0 saturated carbocycles. The van der Waals surface area contributed by atoms with Crippen molar-refractivity contribution in [3.8, 4) is 17.2 Å². The van der Waals surface area contributed by atoms with Gasteiger partial charge in [-0.2, -0.15) is 5.26 Å². The highest BCUT2D eigenvalue weighted by atomic mass is 32.2. The van der Waals surface area contributed by atoms with Crippen LogP contribution in [0.15, 0.2) is 29.6 Å². The third-order valence-electron chi connectivity index (χ3n) is 6.10. The van der Waals surface area contributed by atoms with Crippen LogP contribution in [-0.4, -0.2) is 66.9 Å². The third-order valence-corrected chi connectivity index (χ3v) is 7.24. The molecule has 0 radical (unpaired) electrons. The van der Waals surface area contributed by atoms with E-state index < -0.39 is 36.5 Å². The van der Waals surface area contributed by atoms with Gasteiger partial charge >= 0.3 is 0 Å². The minimum Gasteiger partial charge on any atom is -0.394 e. The predicted molar refractivity (Wildman–Crippen MR) is 118 cm³/mol. The van der Waals surface area contributed by atoms with Gasteiger partial charge in [-0.05, 0) is 48.9 Å². The Morgan fingerprint density at radius 3 is 2.44 bits per heavy atom. The van der Waals surface area contributed by atoms with Gasteiger partial charge in [-0.15, -0.1) is 0 Å².